The van der Waals surface area contributed by atoms with E-state index in [1.165, 1.54) is 193 Å². The summed E-state index contributed by atoms with van der Waals surface area (Å²) in [7, 11) is 1.73. The highest BCUT2D eigenvalue weighted by Crippen LogP contribution is 2.20. The molecule has 0 aliphatic rings. The van der Waals surface area contributed by atoms with Gasteiger partial charge in [0, 0.05) is 26.9 Å². The Morgan fingerprint density at radius 2 is 0.831 bits per heavy atom. The zero-order valence-electron chi connectivity index (χ0n) is 41.2. The quantitative estimate of drug-likeness (QED) is 0.0615. The first kappa shape index (κ1) is 58.1. The SMILES string of the molecule is CCCCCCCCCCCCCCCCCCOC(C)C(COC(=O)NCCC(C)(C)OCCC(C)(C)OC)OCCCCCCCCCCCCCCCCCC. The summed E-state index contributed by atoms with van der Waals surface area (Å²) in [4.78, 5) is 12.7. The van der Waals surface area contributed by atoms with Gasteiger partial charge in [-0.25, -0.2) is 4.79 Å². The van der Waals surface area contributed by atoms with Crippen molar-refractivity contribution in [2.75, 3.05) is 40.1 Å². The third-order valence-corrected chi connectivity index (χ3v) is 12.4. The van der Waals surface area contributed by atoms with E-state index in [9.17, 15) is 4.79 Å². The molecule has 0 bridgehead atoms. The van der Waals surface area contributed by atoms with E-state index in [0.717, 1.165) is 25.9 Å². The number of nitrogens with one attached hydrogen (secondary N) is 1. The minimum Gasteiger partial charge on any atom is -0.447 e. The smallest absolute Gasteiger partial charge is 0.407 e. The van der Waals surface area contributed by atoms with Gasteiger partial charge in [0.1, 0.15) is 12.7 Å². The predicted octanol–water partition coefficient (Wildman–Crippen LogP) is 16.0. The fourth-order valence-electron chi connectivity index (χ4n) is 7.65. The van der Waals surface area contributed by atoms with E-state index in [2.05, 4.69) is 53.8 Å². The first-order chi connectivity index (χ1) is 28.6. The van der Waals surface area contributed by atoms with Gasteiger partial charge in [-0.15, -0.1) is 0 Å². The van der Waals surface area contributed by atoms with Crippen LogP contribution in [0, 0.1) is 0 Å². The van der Waals surface area contributed by atoms with Crippen LogP contribution >= 0.6 is 0 Å². The van der Waals surface area contributed by atoms with Gasteiger partial charge in [-0.3, -0.25) is 0 Å². The molecule has 2 unspecified atom stereocenters. The summed E-state index contributed by atoms with van der Waals surface area (Å²) in [5.41, 5.74) is -0.569. The van der Waals surface area contributed by atoms with E-state index in [4.69, 9.17) is 23.7 Å². The summed E-state index contributed by atoms with van der Waals surface area (Å²) in [5, 5.41) is 2.92. The van der Waals surface area contributed by atoms with Crippen molar-refractivity contribution < 1.29 is 28.5 Å². The second kappa shape index (κ2) is 42.4. The van der Waals surface area contributed by atoms with Crippen molar-refractivity contribution in [1.82, 2.24) is 5.32 Å². The molecule has 1 N–H and O–H groups in total. The largest absolute Gasteiger partial charge is 0.447 e. The van der Waals surface area contributed by atoms with Crippen LogP contribution in [0.15, 0.2) is 0 Å². The number of ether oxygens (including phenoxy) is 5. The molecule has 7 heteroatoms. The highest BCUT2D eigenvalue weighted by molar-refractivity contribution is 5.67. The minimum atomic E-state index is -0.415. The fourth-order valence-corrected chi connectivity index (χ4v) is 7.65. The molecular formula is C52H105NO6. The van der Waals surface area contributed by atoms with Crippen LogP contribution in [-0.4, -0.2) is 69.6 Å². The molecule has 0 saturated heterocycles. The number of hydrogen-bond donors (Lipinski definition) is 1. The Morgan fingerprint density at radius 1 is 0.475 bits per heavy atom. The van der Waals surface area contributed by atoms with E-state index in [0.29, 0.717) is 26.2 Å². The standard InChI is InChI=1S/C52H105NO6/c1-9-11-13-15-17-19-21-23-25-27-29-31-33-35-37-39-44-56-48(3)49(47-58-50(54)53-43-41-52(6,7)59-46-42-51(4,5)55-8)57-45-40-38-36-34-32-30-28-26-24-22-20-18-16-14-12-10-2/h48-49H,9-47H2,1-8H3,(H,53,54). The summed E-state index contributed by atoms with van der Waals surface area (Å²) in [6.07, 6.45) is 44.1. The Balaban J connectivity index is 4.36. The number of hydrogen-bond acceptors (Lipinski definition) is 6. The van der Waals surface area contributed by atoms with E-state index in [1.807, 2.05) is 0 Å². The monoisotopic (exact) mass is 840 g/mol. The molecule has 0 aliphatic carbocycles. The molecule has 354 valence electrons. The Labute approximate surface area is 369 Å². The van der Waals surface area contributed by atoms with Gasteiger partial charge in [-0.1, -0.05) is 206 Å². The van der Waals surface area contributed by atoms with Crippen molar-refractivity contribution in [2.45, 2.75) is 290 Å². The molecule has 0 aromatic rings. The second-order valence-electron chi connectivity index (χ2n) is 19.2. The van der Waals surface area contributed by atoms with Gasteiger partial charge in [0.05, 0.1) is 23.9 Å². The molecule has 59 heavy (non-hydrogen) atoms. The molecule has 0 radical (unpaired) electrons. The van der Waals surface area contributed by atoms with Gasteiger partial charge in [0.2, 0.25) is 0 Å². The molecular weight excluding hydrogens is 735 g/mol. The van der Waals surface area contributed by atoms with Crippen molar-refractivity contribution in [1.29, 1.82) is 0 Å². The zero-order valence-corrected chi connectivity index (χ0v) is 41.2. The number of alkyl carbamates (subject to hydrolysis) is 1. The predicted molar refractivity (Wildman–Crippen MR) is 254 cm³/mol. The average Bonchev–Trinajstić information content (AvgIpc) is 3.20. The summed E-state index contributed by atoms with van der Waals surface area (Å²) in [6.45, 7) is 17.6. The van der Waals surface area contributed by atoms with Crippen LogP contribution < -0.4 is 5.32 Å². The maximum Gasteiger partial charge on any atom is 0.407 e. The number of amides is 1. The zero-order chi connectivity index (χ0) is 43.6. The molecule has 7 nitrogen and oxygen atoms in total. The van der Waals surface area contributed by atoms with Gasteiger partial charge < -0.3 is 29.0 Å². The van der Waals surface area contributed by atoms with Gasteiger partial charge >= 0.3 is 6.09 Å². The van der Waals surface area contributed by atoms with Crippen LogP contribution in [0.2, 0.25) is 0 Å². The molecule has 0 rings (SSSR count). The Hall–Kier alpha value is -0.890. The van der Waals surface area contributed by atoms with Gasteiger partial charge in [0.25, 0.3) is 0 Å². The molecule has 0 heterocycles. The first-order valence-corrected chi connectivity index (χ1v) is 25.9. The number of methoxy groups -OCH3 is 1. The molecule has 0 saturated carbocycles. The fraction of sp³-hybridized carbons (Fsp3) is 0.981. The van der Waals surface area contributed by atoms with Crippen LogP contribution in [0.25, 0.3) is 0 Å². The second-order valence-corrected chi connectivity index (χ2v) is 19.2. The Bertz CT molecular complexity index is 866. The van der Waals surface area contributed by atoms with Crippen molar-refractivity contribution in [3.63, 3.8) is 0 Å². The molecule has 2 atom stereocenters. The Kier molecular flexibility index (Phi) is 41.8. The topological polar surface area (TPSA) is 75.3 Å². The number of carbonyl (C=O) groups is 1. The van der Waals surface area contributed by atoms with Crippen molar-refractivity contribution in [2.24, 2.45) is 0 Å². The molecule has 0 aromatic heterocycles. The van der Waals surface area contributed by atoms with Crippen LogP contribution in [-0.2, 0) is 23.7 Å². The highest BCUT2D eigenvalue weighted by atomic mass is 16.6. The maximum atomic E-state index is 12.7. The molecule has 0 aliphatic heterocycles. The van der Waals surface area contributed by atoms with E-state index in [1.54, 1.807) is 7.11 Å². The highest BCUT2D eigenvalue weighted by Gasteiger charge is 2.23. The number of carbonyl (C=O) groups excluding carboxylic acids is 1. The third-order valence-electron chi connectivity index (χ3n) is 12.4. The van der Waals surface area contributed by atoms with E-state index >= 15 is 0 Å². The summed E-state index contributed by atoms with van der Waals surface area (Å²) in [6, 6.07) is 0. The van der Waals surface area contributed by atoms with E-state index < -0.39 is 6.09 Å². The van der Waals surface area contributed by atoms with Crippen molar-refractivity contribution in [3.05, 3.63) is 0 Å². The lowest BCUT2D eigenvalue weighted by Crippen LogP contribution is -2.38. The van der Waals surface area contributed by atoms with Crippen LogP contribution in [0.5, 0.6) is 0 Å². The summed E-state index contributed by atoms with van der Waals surface area (Å²) in [5.74, 6) is 0. The lowest BCUT2D eigenvalue weighted by atomic mass is 10.0. The van der Waals surface area contributed by atoms with Crippen LogP contribution in [0.3, 0.4) is 0 Å². The molecule has 0 aromatic carbocycles. The van der Waals surface area contributed by atoms with E-state index in [-0.39, 0.29) is 30.0 Å². The van der Waals surface area contributed by atoms with Gasteiger partial charge in [0.15, 0.2) is 0 Å². The minimum absolute atomic E-state index is 0.135. The molecule has 1 amide bonds. The first-order valence-electron chi connectivity index (χ1n) is 25.9. The van der Waals surface area contributed by atoms with Gasteiger partial charge in [-0.05, 0) is 60.3 Å². The lowest BCUT2D eigenvalue weighted by Gasteiger charge is -2.29. The molecule has 0 fully saturated rings. The lowest BCUT2D eigenvalue weighted by molar-refractivity contribution is -0.0878. The van der Waals surface area contributed by atoms with Crippen molar-refractivity contribution in [3.8, 4) is 0 Å². The number of unbranched alkanes of at least 4 members (excludes halogenated alkanes) is 30. The third kappa shape index (κ3) is 42.2. The average molecular weight is 840 g/mol. The van der Waals surface area contributed by atoms with Gasteiger partial charge in [-0.2, -0.15) is 0 Å². The van der Waals surface area contributed by atoms with Crippen LogP contribution in [0.4, 0.5) is 4.79 Å². The summed E-state index contributed by atoms with van der Waals surface area (Å²) < 4.78 is 29.9. The summed E-state index contributed by atoms with van der Waals surface area (Å²) >= 11 is 0. The normalized spacial score (nSPS) is 13.2. The molecule has 0 spiro atoms. The van der Waals surface area contributed by atoms with Crippen LogP contribution in [0.1, 0.15) is 267 Å². The number of rotatable bonds is 47. The maximum absolute atomic E-state index is 12.7. The Morgan fingerprint density at radius 3 is 1.20 bits per heavy atom. The van der Waals surface area contributed by atoms with Crippen molar-refractivity contribution >= 4 is 6.09 Å².